The summed E-state index contributed by atoms with van der Waals surface area (Å²) in [6, 6.07) is 7.82. The first-order valence-corrected chi connectivity index (χ1v) is 7.26. The Hall–Kier alpha value is -3.03. The topological polar surface area (TPSA) is 69.0 Å². The van der Waals surface area contributed by atoms with Gasteiger partial charge in [-0.25, -0.2) is 9.67 Å². The number of carbonyl (C=O) groups excluding carboxylic acids is 1. The lowest BCUT2D eigenvalue weighted by atomic mass is 10.3. The zero-order valence-corrected chi connectivity index (χ0v) is 13.1. The Bertz CT molecular complexity index is 821. The molecule has 1 N–H and O–H groups in total. The van der Waals surface area contributed by atoms with Crippen LogP contribution in [-0.2, 0) is 4.79 Å². The zero-order valence-electron chi connectivity index (χ0n) is 13.1. The molecule has 2 heterocycles. The van der Waals surface area contributed by atoms with Crippen molar-refractivity contribution in [3.8, 4) is 11.4 Å². The minimum atomic E-state index is -2.89. The highest BCUT2D eigenvalue weighted by Crippen LogP contribution is 2.23. The summed E-state index contributed by atoms with van der Waals surface area (Å²) in [7, 11) is 0. The Labute approximate surface area is 137 Å². The average molecular weight is 334 g/mol. The fourth-order valence-electron chi connectivity index (χ4n) is 2.06. The Morgan fingerprint density at radius 2 is 2.04 bits per heavy atom. The molecule has 2 aromatic heterocycles. The minimum absolute atomic E-state index is 0.0384. The molecule has 0 aliphatic heterocycles. The third-order valence-corrected chi connectivity index (χ3v) is 2.95. The minimum Gasteiger partial charge on any atom is -0.435 e. The van der Waals surface area contributed by atoms with Crippen LogP contribution in [-0.4, -0.2) is 27.8 Å². The molecule has 3 aromatic rings. The van der Waals surface area contributed by atoms with E-state index in [1.165, 1.54) is 12.1 Å². The van der Waals surface area contributed by atoms with Gasteiger partial charge in [0.1, 0.15) is 11.6 Å². The third-order valence-electron chi connectivity index (χ3n) is 2.95. The predicted octanol–water partition coefficient (Wildman–Crippen LogP) is 3.62. The highest BCUT2D eigenvalue weighted by Gasteiger charge is 2.09. The highest BCUT2D eigenvalue weighted by atomic mass is 19.3. The van der Waals surface area contributed by atoms with Crippen LogP contribution in [0, 0.1) is 0 Å². The molecular formula is C16H16F2N4O2. The number of nitrogens with zero attached hydrogens (tertiary/aromatic N) is 3. The lowest BCUT2D eigenvalue weighted by molar-refractivity contribution is -0.105. The summed E-state index contributed by atoms with van der Waals surface area (Å²) >= 11 is 0. The second-order valence-electron chi connectivity index (χ2n) is 4.32. The van der Waals surface area contributed by atoms with Crippen LogP contribution in [0.3, 0.4) is 0 Å². The van der Waals surface area contributed by atoms with Crippen molar-refractivity contribution in [2.45, 2.75) is 20.5 Å². The van der Waals surface area contributed by atoms with Gasteiger partial charge in [0.25, 0.3) is 0 Å². The number of aromatic nitrogens is 3. The summed E-state index contributed by atoms with van der Waals surface area (Å²) in [6.07, 6.45) is 3.67. The summed E-state index contributed by atoms with van der Waals surface area (Å²) in [5, 5.41) is 7.40. The second-order valence-corrected chi connectivity index (χ2v) is 4.32. The van der Waals surface area contributed by atoms with Crippen molar-refractivity contribution in [3.05, 3.63) is 42.7 Å². The van der Waals surface area contributed by atoms with Crippen LogP contribution in [0.15, 0.2) is 42.7 Å². The van der Waals surface area contributed by atoms with Gasteiger partial charge in [0.15, 0.2) is 0 Å². The van der Waals surface area contributed by atoms with E-state index in [9.17, 15) is 13.6 Å². The van der Waals surface area contributed by atoms with E-state index in [2.05, 4.69) is 20.1 Å². The molecule has 0 saturated carbocycles. The Kier molecular flexibility index (Phi) is 5.78. The van der Waals surface area contributed by atoms with Crippen LogP contribution in [0.1, 0.15) is 13.8 Å². The van der Waals surface area contributed by atoms with E-state index in [1.54, 1.807) is 35.3 Å². The fraction of sp³-hybridized carbons (Fsp3) is 0.188. The van der Waals surface area contributed by atoms with Gasteiger partial charge in [0.05, 0.1) is 17.4 Å². The lowest BCUT2D eigenvalue weighted by Crippen LogP contribution is -2.03. The van der Waals surface area contributed by atoms with E-state index >= 15 is 0 Å². The fourth-order valence-corrected chi connectivity index (χ4v) is 2.06. The number of rotatable bonds is 5. The van der Waals surface area contributed by atoms with Crippen molar-refractivity contribution in [1.29, 1.82) is 0 Å². The molecule has 8 heteroatoms. The Morgan fingerprint density at radius 1 is 1.25 bits per heavy atom. The molecule has 0 aliphatic rings. The first-order chi connectivity index (χ1) is 11.7. The number of anilines is 1. The molecule has 0 aliphatic carbocycles. The molecule has 1 amide bonds. The van der Waals surface area contributed by atoms with Crippen molar-refractivity contribution < 1.29 is 18.3 Å². The highest BCUT2D eigenvalue weighted by molar-refractivity contribution is 5.83. The monoisotopic (exact) mass is 334 g/mol. The van der Waals surface area contributed by atoms with Gasteiger partial charge >= 0.3 is 6.61 Å². The van der Waals surface area contributed by atoms with Gasteiger partial charge in [0.2, 0.25) is 6.41 Å². The molecular weight excluding hydrogens is 318 g/mol. The quantitative estimate of drug-likeness (QED) is 0.724. The predicted molar refractivity (Wildman–Crippen MR) is 86.5 cm³/mol. The molecule has 0 spiro atoms. The van der Waals surface area contributed by atoms with Crippen LogP contribution in [0.5, 0.6) is 5.75 Å². The van der Waals surface area contributed by atoms with Gasteiger partial charge in [-0.1, -0.05) is 19.9 Å². The molecule has 0 fully saturated rings. The molecule has 126 valence electrons. The van der Waals surface area contributed by atoms with Gasteiger partial charge in [-0.05, 0) is 12.1 Å². The number of benzene rings is 1. The molecule has 0 atom stereocenters. The van der Waals surface area contributed by atoms with E-state index in [4.69, 9.17) is 0 Å². The maximum atomic E-state index is 12.3. The number of fused-ring (bicyclic) bond motifs is 1. The van der Waals surface area contributed by atoms with Gasteiger partial charge in [-0.2, -0.15) is 13.9 Å². The van der Waals surface area contributed by atoms with Crippen LogP contribution in [0.4, 0.5) is 14.6 Å². The van der Waals surface area contributed by atoms with Crippen molar-refractivity contribution in [1.82, 2.24) is 14.8 Å². The summed E-state index contributed by atoms with van der Waals surface area (Å²) in [5.41, 5.74) is 1.23. The van der Waals surface area contributed by atoms with E-state index in [0.717, 1.165) is 5.39 Å². The maximum absolute atomic E-state index is 12.3. The van der Waals surface area contributed by atoms with Crippen LogP contribution in [0.2, 0.25) is 0 Å². The summed E-state index contributed by atoms with van der Waals surface area (Å²) in [4.78, 5) is 14.5. The normalized spacial score (nSPS) is 10.2. The summed E-state index contributed by atoms with van der Waals surface area (Å²) in [5.74, 6) is 0.403. The molecule has 0 unspecified atom stereocenters. The van der Waals surface area contributed by atoms with Crippen LogP contribution in [0.25, 0.3) is 16.6 Å². The molecule has 6 nitrogen and oxygen atoms in total. The number of nitrogens with one attached hydrogen (secondary N) is 1. The average Bonchev–Trinajstić information content (AvgIpc) is 3.00. The van der Waals surface area contributed by atoms with E-state index in [0.29, 0.717) is 23.4 Å². The standard InChI is InChI=1S/C14H10F2N4O2.C2H6/c15-14(16)22-11-3-1-2-10(4-11)20-12-5-13(18-8-21)17-6-9(12)7-19-20;1-2/h1-8,14H,(H,17,18,21);1-2H3. The zero-order chi connectivity index (χ0) is 17.5. The van der Waals surface area contributed by atoms with Crippen molar-refractivity contribution in [2.24, 2.45) is 0 Å². The van der Waals surface area contributed by atoms with Gasteiger partial charge in [-0.15, -0.1) is 0 Å². The van der Waals surface area contributed by atoms with Crippen molar-refractivity contribution in [2.75, 3.05) is 5.32 Å². The third kappa shape index (κ3) is 3.83. The molecule has 0 bridgehead atoms. The van der Waals surface area contributed by atoms with Gasteiger partial charge < -0.3 is 10.1 Å². The molecule has 24 heavy (non-hydrogen) atoms. The molecule has 3 rings (SSSR count). The molecule has 0 saturated heterocycles. The molecule has 0 radical (unpaired) electrons. The smallest absolute Gasteiger partial charge is 0.387 e. The van der Waals surface area contributed by atoms with E-state index in [-0.39, 0.29) is 5.75 Å². The number of carbonyl (C=O) groups is 1. The SMILES string of the molecule is CC.O=CNc1cc2c(cn1)cnn2-c1cccc(OC(F)F)c1. The first-order valence-electron chi connectivity index (χ1n) is 7.26. The maximum Gasteiger partial charge on any atom is 0.387 e. The number of ether oxygens (including phenoxy) is 1. The van der Waals surface area contributed by atoms with Crippen LogP contribution < -0.4 is 10.1 Å². The second kappa shape index (κ2) is 8.00. The number of pyridine rings is 1. The summed E-state index contributed by atoms with van der Waals surface area (Å²) in [6.45, 7) is 1.11. The van der Waals surface area contributed by atoms with Gasteiger partial charge in [-0.3, -0.25) is 4.79 Å². The first kappa shape index (κ1) is 17.3. The van der Waals surface area contributed by atoms with Crippen LogP contribution >= 0.6 is 0 Å². The Balaban J connectivity index is 0.00000100. The summed E-state index contributed by atoms with van der Waals surface area (Å²) < 4.78 is 30.5. The Morgan fingerprint density at radius 3 is 2.75 bits per heavy atom. The molecule has 1 aromatic carbocycles. The number of alkyl halides is 2. The number of hydrogen-bond acceptors (Lipinski definition) is 4. The van der Waals surface area contributed by atoms with E-state index < -0.39 is 6.61 Å². The van der Waals surface area contributed by atoms with E-state index in [1.807, 2.05) is 13.8 Å². The lowest BCUT2D eigenvalue weighted by Gasteiger charge is -2.08. The number of hydrogen-bond donors (Lipinski definition) is 1. The van der Waals surface area contributed by atoms with Gasteiger partial charge in [0, 0.05) is 23.7 Å². The van der Waals surface area contributed by atoms with Crippen molar-refractivity contribution in [3.63, 3.8) is 0 Å². The largest absolute Gasteiger partial charge is 0.435 e. The number of amides is 1. The number of halogens is 2. The van der Waals surface area contributed by atoms with Crippen molar-refractivity contribution >= 4 is 23.1 Å².